The smallest absolute Gasteiger partial charge is 0.239 e. The fourth-order valence-electron chi connectivity index (χ4n) is 2.24. The zero-order valence-electron chi connectivity index (χ0n) is 11.9. The van der Waals surface area contributed by atoms with E-state index in [1.54, 1.807) is 36.4 Å². The number of anilines is 1. The minimum absolute atomic E-state index is 0.0798. The SMILES string of the molecule is CCN(c1ccccc1)S(=O)(=O)Cc1cccc(CO)c1. The molecule has 1 N–H and O–H groups in total. The second-order valence-corrected chi connectivity index (χ2v) is 6.63. The van der Waals surface area contributed by atoms with Crippen LogP contribution in [0.4, 0.5) is 5.69 Å². The van der Waals surface area contributed by atoms with E-state index < -0.39 is 10.0 Å². The number of hydrogen-bond acceptors (Lipinski definition) is 3. The van der Waals surface area contributed by atoms with Crippen molar-refractivity contribution in [2.75, 3.05) is 10.8 Å². The fourth-order valence-corrected chi connectivity index (χ4v) is 3.83. The average Bonchev–Trinajstić information content (AvgIpc) is 2.48. The van der Waals surface area contributed by atoms with Crippen LogP contribution in [-0.4, -0.2) is 20.1 Å². The Labute approximate surface area is 125 Å². The van der Waals surface area contributed by atoms with Crippen molar-refractivity contribution < 1.29 is 13.5 Å². The second kappa shape index (κ2) is 6.74. The summed E-state index contributed by atoms with van der Waals surface area (Å²) >= 11 is 0. The Balaban J connectivity index is 2.28. The maximum absolute atomic E-state index is 12.6. The third-order valence-corrected chi connectivity index (χ3v) is 5.03. The monoisotopic (exact) mass is 305 g/mol. The molecule has 0 fully saturated rings. The Hall–Kier alpha value is -1.85. The standard InChI is InChI=1S/C16H19NO3S/c1-2-17(16-9-4-3-5-10-16)21(19,20)13-15-8-6-7-14(11-15)12-18/h3-11,18H,2,12-13H2,1H3. The average molecular weight is 305 g/mol. The zero-order valence-corrected chi connectivity index (χ0v) is 12.8. The van der Waals surface area contributed by atoms with Gasteiger partial charge in [-0.05, 0) is 30.2 Å². The highest BCUT2D eigenvalue weighted by atomic mass is 32.2. The molecule has 5 heteroatoms. The van der Waals surface area contributed by atoms with Crippen molar-refractivity contribution in [2.24, 2.45) is 0 Å². The molecule has 2 aromatic rings. The molecule has 4 nitrogen and oxygen atoms in total. The summed E-state index contributed by atoms with van der Waals surface area (Å²) in [6.45, 7) is 2.10. The van der Waals surface area contributed by atoms with E-state index in [2.05, 4.69) is 0 Å². The van der Waals surface area contributed by atoms with Gasteiger partial charge in [-0.3, -0.25) is 4.31 Å². The summed E-state index contributed by atoms with van der Waals surface area (Å²) in [5.41, 5.74) is 2.06. The van der Waals surface area contributed by atoms with Crippen LogP contribution in [-0.2, 0) is 22.4 Å². The summed E-state index contributed by atoms with van der Waals surface area (Å²) in [6.07, 6.45) is 0. The molecule has 0 atom stereocenters. The normalized spacial score (nSPS) is 11.3. The van der Waals surface area contributed by atoms with E-state index in [-0.39, 0.29) is 12.4 Å². The van der Waals surface area contributed by atoms with E-state index in [0.29, 0.717) is 23.4 Å². The maximum atomic E-state index is 12.6. The van der Waals surface area contributed by atoms with Crippen molar-refractivity contribution in [3.63, 3.8) is 0 Å². The summed E-state index contributed by atoms with van der Waals surface area (Å²) in [4.78, 5) is 0. The highest BCUT2D eigenvalue weighted by molar-refractivity contribution is 7.92. The van der Waals surface area contributed by atoms with Gasteiger partial charge in [-0.2, -0.15) is 0 Å². The number of hydrogen-bond donors (Lipinski definition) is 1. The number of nitrogens with zero attached hydrogens (tertiary/aromatic N) is 1. The lowest BCUT2D eigenvalue weighted by atomic mass is 10.1. The van der Waals surface area contributed by atoms with Gasteiger partial charge in [0.25, 0.3) is 0 Å². The summed E-state index contributed by atoms with van der Waals surface area (Å²) < 4.78 is 26.6. The molecule has 0 aliphatic rings. The lowest BCUT2D eigenvalue weighted by Crippen LogP contribution is -2.31. The Morgan fingerprint density at radius 2 is 1.67 bits per heavy atom. The largest absolute Gasteiger partial charge is 0.392 e. The van der Waals surface area contributed by atoms with E-state index in [4.69, 9.17) is 5.11 Å². The van der Waals surface area contributed by atoms with Crippen LogP contribution in [0.25, 0.3) is 0 Å². The van der Waals surface area contributed by atoms with Crippen LogP contribution >= 0.6 is 0 Å². The first-order valence-corrected chi connectivity index (χ1v) is 8.42. The number of aliphatic hydroxyl groups is 1. The molecule has 0 bridgehead atoms. The molecule has 0 aromatic heterocycles. The first-order valence-electron chi connectivity index (χ1n) is 6.81. The summed E-state index contributed by atoms with van der Waals surface area (Å²) in [5, 5.41) is 9.13. The number of rotatable bonds is 6. The van der Waals surface area contributed by atoms with Gasteiger partial charge < -0.3 is 5.11 Å². The second-order valence-electron chi connectivity index (χ2n) is 4.73. The molecule has 0 aliphatic carbocycles. The van der Waals surface area contributed by atoms with Crippen molar-refractivity contribution in [1.29, 1.82) is 0 Å². The first-order chi connectivity index (χ1) is 10.1. The van der Waals surface area contributed by atoms with Gasteiger partial charge in [0.15, 0.2) is 0 Å². The van der Waals surface area contributed by atoms with Gasteiger partial charge in [0.1, 0.15) is 0 Å². The fraction of sp³-hybridized carbons (Fsp3) is 0.250. The molecule has 2 aromatic carbocycles. The molecule has 0 radical (unpaired) electrons. The van der Waals surface area contributed by atoms with E-state index in [1.165, 1.54) is 4.31 Å². The van der Waals surface area contributed by atoms with Crippen LogP contribution in [0.5, 0.6) is 0 Å². The van der Waals surface area contributed by atoms with E-state index in [1.807, 2.05) is 25.1 Å². The number of para-hydroxylation sites is 1. The maximum Gasteiger partial charge on any atom is 0.239 e. The summed E-state index contributed by atoms with van der Waals surface area (Å²) in [6, 6.07) is 16.1. The van der Waals surface area contributed by atoms with E-state index in [0.717, 1.165) is 0 Å². The summed E-state index contributed by atoms with van der Waals surface area (Å²) in [7, 11) is -3.45. The van der Waals surface area contributed by atoms with Crippen LogP contribution in [0.2, 0.25) is 0 Å². The van der Waals surface area contributed by atoms with E-state index in [9.17, 15) is 8.42 Å². The van der Waals surface area contributed by atoms with Gasteiger partial charge in [-0.25, -0.2) is 8.42 Å². The number of benzene rings is 2. The Bertz CT molecular complexity index is 684. The molecule has 0 aliphatic heterocycles. The molecule has 2 rings (SSSR count). The zero-order chi connectivity index (χ0) is 15.3. The predicted molar refractivity (Wildman–Crippen MR) is 84.5 cm³/mol. The molecule has 112 valence electrons. The van der Waals surface area contributed by atoms with Gasteiger partial charge in [-0.15, -0.1) is 0 Å². The Kier molecular flexibility index (Phi) is 4.98. The van der Waals surface area contributed by atoms with Crippen molar-refractivity contribution in [1.82, 2.24) is 0 Å². The third kappa shape index (κ3) is 3.83. The van der Waals surface area contributed by atoms with Crippen molar-refractivity contribution in [3.05, 3.63) is 65.7 Å². The van der Waals surface area contributed by atoms with Gasteiger partial charge in [0.2, 0.25) is 10.0 Å². The van der Waals surface area contributed by atoms with Crippen LogP contribution in [0.1, 0.15) is 18.1 Å². The molecule has 21 heavy (non-hydrogen) atoms. The van der Waals surface area contributed by atoms with Crippen LogP contribution < -0.4 is 4.31 Å². The summed E-state index contributed by atoms with van der Waals surface area (Å²) in [5.74, 6) is -0.0798. The van der Waals surface area contributed by atoms with Crippen molar-refractivity contribution in [3.8, 4) is 0 Å². The Morgan fingerprint density at radius 3 is 2.29 bits per heavy atom. The van der Waals surface area contributed by atoms with Crippen LogP contribution in [0.3, 0.4) is 0 Å². The third-order valence-electron chi connectivity index (χ3n) is 3.19. The van der Waals surface area contributed by atoms with Gasteiger partial charge in [0, 0.05) is 6.54 Å². The molecule has 0 amide bonds. The Morgan fingerprint density at radius 1 is 1.00 bits per heavy atom. The van der Waals surface area contributed by atoms with Gasteiger partial charge in [0.05, 0.1) is 18.0 Å². The van der Waals surface area contributed by atoms with Crippen molar-refractivity contribution >= 4 is 15.7 Å². The topological polar surface area (TPSA) is 57.6 Å². The highest BCUT2D eigenvalue weighted by Gasteiger charge is 2.21. The molecule has 0 saturated carbocycles. The molecule has 0 heterocycles. The minimum atomic E-state index is -3.45. The van der Waals surface area contributed by atoms with Crippen LogP contribution in [0.15, 0.2) is 54.6 Å². The molecule has 0 spiro atoms. The molecular formula is C16H19NO3S. The van der Waals surface area contributed by atoms with Crippen molar-refractivity contribution in [2.45, 2.75) is 19.3 Å². The number of aliphatic hydroxyl groups excluding tert-OH is 1. The molecule has 0 unspecified atom stereocenters. The van der Waals surface area contributed by atoms with Gasteiger partial charge >= 0.3 is 0 Å². The minimum Gasteiger partial charge on any atom is -0.392 e. The lowest BCUT2D eigenvalue weighted by molar-refractivity contribution is 0.282. The van der Waals surface area contributed by atoms with Crippen LogP contribution in [0, 0.1) is 0 Å². The quantitative estimate of drug-likeness (QED) is 0.892. The molecular weight excluding hydrogens is 286 g/mol. The van der Waals surface area contributed by atoms with Gasteiger partial charge in [-0.1, -0.05) is 42.5 Å². The molecule has 0 saturated heterocycles. The lowest BCUT2D eigenvalue weighted by Gasteiger charge is -2.23. The number of sulfonamides is 1. The van der Waals surface area contributed by atoms with E-state index >= 15 is 0 Å². The highest BCUT2D eigenvalue weighted by Crippen LogP contribution is 2.20. The predicted octanol–water partition coefficient (Wildman–Crippen LogP) is 2.54. The first kappa shape index (κ1) is 15.5.